The summed E-state index contributed by atoms with van der Waals surface area (Å²) < 4.78 is 48.5. The van der Waals surface area contributed by atoms with Crippen LogP contribution in [0.25, 0.3) is 0 Å². The number of rotatable bonds is 3. The Hall–Kier alpha value is -1.84. The van der Waals surface area contributed by atoms with Crippen molar-refractivity contribution in [2.24, 2.45) is 10.8 Å². The van der Waals surface area contributed by atoms with E-state index in [1.165, 1.54) is 5.56 Å². The molecule has 2 aliphatic rings. The van der Waals surface area contributed by atoms with E-state index >= 15 is 0 Å². The molecular weight excluding hydrogens is 685 g/mol. The van der Waals surface area contributed by atoms with Gasteiger partial charge in [0.25, 0.3) is 0 Å². The quantitative estimate of drug-likeness (QED) is 0.298. The first-order valence-electron chi connectivity index (χ1n) is 12.8. The minimum absolute atomic E-state index is 0. The fourth-order valence-electron chi connectivity index (χ4n) is 5.21. The molecule has 2 amide bonds. The van der Waals surface area contributed by atoms with Gasteiger partial charge in [0.2, 0.25) is 5.91 Å². The second-order valence-electron chi connectivity index (χ2n) is 11.4. The zero-order valence-electron chi connectivity index (χ0n) is 22.9. The number of halogens is 4. The van der Waals surface area contributed by atoms with Crippen molar-refractivity contribution in [3.05, 3.63) is 77.5 Å². The number of alkyl halides is 3. The fraction of sp³-hybridized carbons (Fsp3) is 0.467. The summed E-state index contributed by atoms with van der Waals surface area (Å²) in [4.78, 5) is 38.8. The molecule has 2 aromatic rings. The van der Waals surface area contributed by atoms with Gasteiger partial charge in [-0.15, -0.1) is 17.0 Å². The van der Waals surface area contributed by atoms with Crippen LogP contribution in [0.2, 0.25) is 0 Å². The van der Waals surface area contributed by atoms with Gasteiger partial charge >= 0.3 is 53.1 Å². The molecule has 2 saturated heterocycles. The van der Waals surface area contributed by atoms with E-state index in [0.29, 0.717) is 30.5 Å². The largest absolute Gasteiger partial charge is 2.00 e. The van der Waals surface area contributed by atoms with Gasteiger partial charge in [-0.3, -0.25) is 15.6 Å². The van der Waals surface area contributed by atoms with E-state index in [2.05, 4.69) is 45.0 Å². The molecule has 1 spiro atoms. The standard InChI is InChI=1S/C22H31N2O2.C8H3F4O.Yb/c1-21(2,3)14-20(26)24-12-10-22(11-13-24)15-19(25)23(4)16-18(22)17-8-6-5-7-9-17;9-7-2-1-6(8(10,11)12)3-5(7)4-13;/h5-9,14,18H,10-13,15-16H2,1-4H3;1-3H;/q2*-1;+2. The van der Waals surface area contributed by atoms with Crippen LogP contribution in [-0.2, 0) is 20.6 Å². The molecule has 2 fully saturated rings. The summed E-state index contributed by atoms with van der Waals surface area (Å²) >= 11 is 0. The molecule has 2 heterocycles. The second-order valence-corrected chi connectivity index (χ2v) is 11.4. The minimum Gasteiger partial charge on any atom is -0.376 e. The van der Waals surface area contributed by atoms with Gasteiger partial charge in [-0.1, -0.05) is 63.2 Å². The summed E-state index contributed by atoms with van der Waals surface area (Å²) in [6, 6.07) is 12.1. The van der Waals surface area contributed by atoms with Crippen molar-refractivity contribution in [1.29, 1.82) is 0 Å². The molecule has 4 rings (SSSR count). The van der Waals surface area contributed by atoms with Crippen molar-refractivity contribution in [3.8, 4) is 0 Å². The van der Waals surface area contributed by atoms with Crippen molar-refractivity contribution in [2.45, 2.75) is 52.1 Å². The number of hydrogen-bond donors (Lipinski definition) is 0. The molecule has 0 N–H and O–H groups in total. The molecule has 0 aliphatic carbocycles. The summed E-state index contributed by atoms with van der Waals surface area (Å²) in [6.45, 7) is 8.41. The molecule has 1 atom stereocenters. The number of carbonyl (C=O) groups is 2. The zero-order chi connectivity index (χ0) is 29.0. The maximum atomic E-state index is 12.5. The summed E-state index contributed by atoms with van der Waals surface area (Å²) in [7, 11) is 1.90. The predicted molar refractivity (Wildman–Crippen MR) is 140 cm³/mol. The number of nitrogens with zero attached hydrogens (tertiary/aromatic N) is 2. The third-order valence-corrected chi connectivity index (χ3v) is 7.36. The third-order valence-electron chi connectivity index (χ3n) is 7.36. The Labute approximate surface area is 271 Å². The Morgan fingerprint density at radius 1 is 1.05 bits per heavy atom. The predicted octanol–water partition coefficient (Wildman–Crippen LogP) is 5.79. The number of hydrogen-bond acceptors (Lipinski definition) is 3. The van der Waals surface area contributed by atoms with E-state index < -0.39 is 23.1 Å². The van der Waals surface area contributed by atoms with Crippen molar-refractivity contribution in [2.75, 3.05) is 26.7 Å². The van der Waals surface area contributed by atoms with Crippen LogP contribution in [0.5, 0.6) is 0 Å². The van der Waals surface area contributed by atoms with Crippen molar-refractivity contribution >= 4 is 18.1 Å². The van der Waals surface area contributed by atoms with Gasteiger partial charge in [0.15, 0.2) is 0 Å². The number of amides is 2. The first-order chi connectivity index (χ1) is 18.1. The number of likely N-dealkylation sites (tertiary alicyclic amines) is 2. The first kappa shape index (κ1) is 34.4. The number of piperidine rings is 2. The summed E-state index contributed by atoms with van der Waals surface area (Å²) in [5.74, 6) is -0.306. The SMILES string of the molecule is CN1CC(c2ccccc2)C2(CCN(C(=O)[CH-]C(C)(C)C)CC2)CC1=O.O=[C-]c1cc(C(F)(F)F)ccc1F.[Yb+2]. The monoisotopic (exact) mass is 720 g/mol. The first-order valence-corrected chi connectivity index (χ1v) is 12.8. The van der Waals surface area contributed by atoms with Crippen LogP contribution in [0.3, 0.4) is 0 Å². The van der Waals surface area contributed by atoms with Crippen molar-refractivity contribution < 1.29 is 78.9 Å². The van der Waals surface area contributed by atoms with Crippen LogP contribution in [0.1, 0.15) is 62.6 Å². The number of likely N-dealkylation sites (N-methyl/N-ethyl adjacent to an activating group) is 1. The molecule has 40 heavy (non-hydrogen) atoms. The van der Waals surface area contributed by atoms with Crippen LogP contribution in [-0.4, -0.2) is 54.6 Å². The Morgan fingerprint density at radius 2 is 1.65 bits per heavy atom. The van der Waals surface area contributed by atoms with Crippen LogP contribution < -0.4 is 0 Å². The van der Waals surface area contributed by atoms with Gasteiger partial charge in [-0.25, -0.2) is 0 Å². The molecule has 5 nitrogen and oxygen atoms in total. The molecule has 0 radical (unpaired) electrons. The maximum absolute atomic E-state index is 12.5. The van der Waals surface area contributed by atoms with E-state index in [1.807, 2.05) is 29.3 Å². The van der Waals surface area contributed by atoms with Crippen molar-refractivity contribution in [3.63, 3.8) is 0 Å². The summed E-state index contributed by atoms with van der Waals surface area (Å²) in [5, 5.41) is 0. The van der Waals surface area contributed by atoms with E-state index in [1.54, 1.807) is 0 Å². The number of benzene rings is 2. The molecular formula is C30H34F4N2O3Yb. The van der Waals surface area contributed by atoms with Gasteiger partial charge in [0.05, 0.1) is 12.2 Å². The van der Waals surface area contributed by atoms with Crippen LogP contribution in [0, 0.1) is 70.0 Å². The molecule has 0 aromatic heterocycles. The summed E-state index contributed by atoms with van der Waals surface area (Å²) in [5.41, 5.74) is -0.596. The average molecular weight is 720 g/mol. The van der Waals surface area contributed by atoms with E-state index in [4.69, 9.17) is 0 Å². The van der Waals surface area contributed by atoms with Gasteiger partial charge in [0.1, 0.15) is 0 Å². The minimum atomic E-state index is -4.57. The molecule has 224 valence electrons. The van der Waals surface area contributed by atoms with Gasteiger partial charge < -0.3 is 19.4 Å². The fourth-order valence-corrected chi connectivity index (χ4v) is 5.21. The Bertz CT molecular complexity index is 1170. The maximum Gasteiger partial charge on any atom is 2.00 e. The smallest absolute Gasteiger partial charge is 0.376 e. The van der Waals surface area contributed by atoms with Crippen molar-refractivity contribution in [1.82, 2.24) is 9.80 Å². The van der Waals surface area contributed by atoms with E-state index in [0.717, 1.165) is 38.8 Å². The van der Waals surface area contributed by atoms with Crippen LogP contribution in [0.15, 0.2) is 48.5 Å². The van der Waals surface area contributed by atoms with Gasteiger partial charge in [-0.05, 0) is 29.4 Å². The zero-order valence-corrected chi connectivity index (χ0v) is 24.6. The molecule has 2 aliphatic heterocycles. The molecule has 0 saturated carbocycles. The average Bonchev–Trinajstić information content (AvgIpc) is 2.86. The van der Waals surface area contributed by atoms with Crippen LogP contribution in [0.4, 0.5) is 17.6 Å². The summed E-state index contributed by atoms with van der Waals surface area (Å²) in [6.07, 6.45) is 0.720. The van der Waals surface area contributed by atoms with Crippen LogP contribution >= 0.6 is 0 Å². The Balaban J connectivity index is 0.000000339. The van der Waals surface area contributed by atoms with E-state index in [-0.39, 0.29) is 69.6 Å². The third kappa shape index (κ3) is 8.83. The molecule has 2 aromatic carbocycles. The number of carbonyl (C=O) groups excluding carboxylic acids is 3. The second kappa shape index (κ2) is 13.9. The topological polar surface area (TPSA) is 57.7 Å². The molecule has 0 bridgehead atoms. The normalized spacial score (nSPS) is 18.8. The molecule has 1 unspecified atom stereocenters. The Kier molecular flexibility index (Phi) is 11.9. The molecule has 10 heteroatoms. The Morgan fingerprint density at radius 3 is 2.17 bits per heavy atom. The van der Waals surface area contributed by atoms with Gasteiger partial charge in [0, 0.05) is 44.8 Å². The van der Waals surface area contributed by atoms with Gasteiger partial charge in [-0.2, -0.15) is 13.2 Å². The van der Waals surface area contributed by atoms with E-state index in [9.17, 15) is 31.9 Å².